The summed E-state index contributed by atoms with van der Waals surface area (Å²) in [6, 6.07) is 5.94. The lowest BCUT2D eigenvalue weighted by Crippen LogP contribution is -2.29. The van der Waals surface area contributed by atoms with Crippen LogP contribution in [0, 0.1) is 5.82 Å². The van der Waals surface area contributed by atoms with Gasteiger partial charge in [0.15, 0.2) is 0 Å². The quantitative estimate of drug-likeness (QED) is 0.799. The van der Waals surface area contributed by atoms with Crippen LogP contribution in [0.3, 0.4) is 0 Å². The van der Waals surface area contributed by atoms with Crippen LogP contribution in [0.4, 0.5) is 10.1 Å². The van der Waals surface area contributed by atoms with Gasteiger partial charge in [0.05, 0.1) is 24.0 Å². The highest BCUT2D eigenvalue weighted by Crippen LogP contribution is 2.32. The summed E-state index contributed by atoms with van der Waals surface area (Å²) in [6.07, 6.45) is 2.53. The Hall–Kier alpha value is -2.27. The molecule has 0 aliphatic carbocycles. The number of ketones is 1. The highest BCUT2D eigenvalue weighted by atomic mass is 35.5. The van der Waals surface area contributed by atoms with Crippen LogP contribution < -0.4 is 4.90 Å². The Morgan fingerprint density at radius 1 is 1.20 bits per heavy atom. The molecule has 0 bridgehead atoms. The van der Waals surface area contributed by atoms with Crippen molar-refractivity contribution >= 4 is 29.0 Å². The Morgan fingerprint density at radius 2 is 2.00 bits per heavy atom. The normalized spacial score (nSPS) is 13.8. The predicted molar refractivity (Wildman–Crippen MR) is 71.2 cm³/mol. The van der Waals surface area contributed by atoms with Crippen LogP contribution in [0.5, 0.6) is 0 Å². The third-order valence-electron chi connectivity index (χ3n) is 3.04. The van der Waals surface area contributed by atoms with Gasteiger partial charge in [0, 0.05) is 11.2 Å². The van der Waals surface area contributed by atoms with Crippen molar-refractivity contribution in [3.63, 3.8) is 0 Å². The van der Waals surface area contributed by atoms with Crippen molar-refractivity contribution in [2.45, 2.75) is 6.54 Å². The van der Waals surface area contributed by atoms with E-state index in [0.29, 0.717) is 16.3 Å². The van der Waals surface area contributed by atoms with Crippen LogP contribution in [0.1, 0.15) is 15.9 Å². The molecule has 0 spiro atoms. The van der Waals surface area contributed by atoms with Crippen molar-refractivity contribution in [2.24, 2.45) is 0 Å². The number of halogens is 2. The fourth-order valence-corrected chi connectivity index (χ4v) is 2.33. The zero-order chi connectivity index (χ0) is 14.3. The van der Waals surface area contributed by atoms with E-state index in [-0.39, 0.29) is 12.1 Å². The Balaban J connectivity index is 1.99. The molecule has 4 nitrogen and oxygen atoms in total. The first-order chi connectivity index (χ1) is 9.56. The fourth-order valence-electron chi connectivity index (χ4n) is 2.15. The molecular formula is C14H8ClFN2O2. The Kier molecular flexibility index (Phi) is 2.99. The minimum Gasteiger partial charge on any atom is -0.300 e. The molecule has 0 unspecified atom stereocenters. The third kappa shape index (κ3) is 2.06. The Morgan fingerprint density at radius 3 is 2.75 bits per heavy atom. The van der Waals surface area contributed by atoms with Crippen molar-refractivity contribution in [3.05, 3.63) is 58.6 Å². The van der Waals surface area contributed by atoms with Crippen molar-refractivity contribution in [1.29, 1.82) is 0 Å². The average Bonchev–Trinajstić information content (AvgIpc) is 2.64. The molecule has 0 atom stereocenters. The molecule has 0 radical (unpaired) electrons. The zero-order valence-corrected chi connectivity index (χ0v) is 10.9. The summed E-state index contributed by atoms with van der Waals surface area (Å²) >= 11 is 5.82. The largest absolute Gasteiger partial charge is 0.300 e. The second-order valence-corrected chi connectivity index (χ2v) is 4.83. The first kappa shape index (κ1) is 12.7. The van der Waals surface area contributed by atoms with Crippen LogP contribution in [0.25, 0.3) is 0 Å². The summed E-state index contributed by atoms with van der Waals surface area (Å²) < 4.78 is 13.1. The lowest BCUT2D eigenvalue weighted by atomic mass is 10.1. The number of hydrogen-bond acceptors (Lipinski definition) is 3. The molecule has 1 aromatic carbocycles. The molecule has 1 aliphatic rings. The van der Waals surface area contributed by atoms with Gasteiger partial charge >= 0.3 is 0 Å². The van der Waals surface area contributed by atoms with Gasteiger partial charge in [-0.25, -0.2) is 4.39 Å². The van der Waals surface area contributed by atoms with Gasteiger partial charge in [0.2, 0.25) is 0 Å². The lowest BCUT2D eigenvalue weighted by molar-refractivity contribution is -0.114. The van der Waals surface area contributed by atoms with Gasteiger partial charge in [-0.2, -0.15) is 0 Å². The minimum absolute atomic E-state index is 0.0873. The smallest absolute Gasteiger partial charge is 0.299 e. The maximum Gasteiger partial charge on any atom is 0.299 e. The van der Waals surface area contributed by atoms with Crippen LogP contribution >= 0.6 is 11.6 Å². The van der Waals surface area contributed by atoms with Crippen molar-refractivity contribution in [3.8, 4) is 0 Å². The molecule has 2 aromatic rings. The number of amides is 1. The van der Waals surface area contributed by atoms with E-state index in [0.717, 1.165) is 6.20 Å². The van der Waals surface area contributed by atoms with Gasteiger partial charge in [-0.1, -0.05) is 11.6 Å². The molecule has 100 valence electrons. The lowest BCUT2D eigenvalue weighted by Gasteiger charge is -2.16. The van der Waals surface area contributed by atoms with E-state index in [1.165, 1.54) is 23.2 Å². The number of hydrogen-bond donors (Lipinski definition) is 0. The molecule has 1 aliphatic heterocycles. The van der Waals surface area contributed by atoms with E-state index < -0.39 is 17.5 Å². The fraction of sp³-hybridized carbons (Fsp3) is 0.0714. The number of benzene rings is 1. The molecular weight excluding hydrogens is 283 g/mol. The van der Waals surface area contributed by atoms with Crippen LogP contribution in [-0.4, -0.2) is 16.7 Å². The standard InChI is InChI=1S/C14H8ClFN2O2/c15-9-1-2-12-11(4-9)13(19)14(20)18(12)7-8-3-10(16)6-17-5-8/h1-6H,7H2. The van der Waals surface area contributed by atoms with Gasteiger partial charge < -0.3 is 4.90 Å². The molecule has 0 N–H and O–H groups in total. The average molecular weight is 291 g/mol. The van der Waals surface area contributed by atoms with Gasteiger partial charge in [0.1, 0.15) is 5.82 Å². The Labute approximate surface area is 118 Å². The summed E-state index contributed by atoms with van der Waals surface area (Å²) in [4.78, 5) is 28.9. The molecule has 2 heterocycles. The summed E-state index contributed by atoms with van der Waals surface area (Å²) in [7, 11) is 0. The predicted octanol–water partition coefficient (Wildman–Crippen LogP) is 2.60. The molecule has 3 rings (SSSR count). The van der Waals surface area contributed by atoms with Crippen molar-refractivity contribution in [1.82, 2.24) is 4.98 Å². The minimum atomic E-state index is -0.647. The van der Waals surface area contributed by atoms with Gasteiger partial charge in [-0.05, 0) is 29.8 Å². The number of carbonyl (C=O) groups is 2. The van der Waals surface area contributed by atoms with E-state index in [4.69, 9.17) is 11.6 Å². The summed E-state index contributed by atoms with van der Waals surface area (Å²) in [6.45, 7) is 0.0873. The van der Waals surface area contributed by atoms with Gasteiger partial charge in [-0.15, -0.1) is 0 Å². The van der Waals surface area contributed by atoms with Gasteiger partial charge in [-0.3, -0.25) is 14.6 Å². The molecule has 1 amide bonds. The third-order valence-corrected chi connectivity index (χ3v) is 3.27. The summed E-state index contributed by atoms with van der Waals surface area (Å²) in [5, 5.41) is 0.388. The van der Waals surface area contributed by atoms with E-state index in [1.54, 1.807) is 12.1 Å². The van der Waals surface area contributed by atoms with Crippen molar-refractivity contribution < 1.29 is 14.0 Å². The number of rotatable bonds is 2. The number of pyridine rings is 1. The number of Topliss-reactive ketones (excluding diaryl/α,β-unsaturated/α-hetero) is 1. The number of anilines is 1. The van der Waals surface area contributed by atoms with Crippen LogP contribution in [0.2, 0.25) is 5.02 Å². The maximum absolute atomic E-state index is 13.1. The number of nitrogens with zero attached hydrogens (tertiary/aromatic N) is 2. The molecule has 6 heteroatoms. The highest BCUT2D eigenvalue weighted by molar-refractivity contribution is 6.52. The molecule has 0 saturated carbocycles. The van der Waals surface area contributed by atoms with E-state index >= 15 is 0 Å². The zero-order valence-electron chi connectivity index (χ0n) is 10.1. The molecule has 20 heavy (non-hydrogen) atoms. The summed E-state index contributed by atoms with van der Waals surface area (Å²) in [5.74, 6) is -1.74. The first-order valence-electron chi connectivity index (χ1n) is 5.81. The maximum atomic E-state index is 13.1. The second kappa shape index (κ2) is 4.68. The molecule has 0 fully saturated rings. The van der Waals surface area contributed by atoms with E-state index in [2.05, 4.69) is 4.98 Å². The number of fused-ring (bicyclic) bond motifs is 1. The monoisotopic (exact) mass is 290 g/mol. The highest BCUT2D eigenvalue weighted by Gasteiger charge is 2.35. The number of aromatic nitrogens is 1. The molecule has 1 aromatic heterocycles. The SMILES string of the molecule is O=C1C(=O)N(Cc2cncc(F)c2)c2ccc(Cl)cc21. The van der Waals surface area contributed by atoms with Crippen LogP contribution in [0.15, 0.2) is 36.7 Å². The second-order valence-electron chi connectivity index (χ2n) is 4.39. The topological polar surface area (TPSA) is 50.3 Å². The van der Waals surface area contributed by atoms with Gasteiger partial charge in [0.25, 0.3) is 11.7 Å². The molecule has 0 saturated heterocycles. The first-order valence-corrected chi connectivity index (χ1v) is 6.19. The van der Waals surface area contributed by atoms with Crippen molar-refractivity contribution in [2.75, 3.05) is 4.90 Å². The number of carbonyl (C=O) groups excluding carboxylic acids is 2. The Bertz CT molecular complexity index is 733. The summed E-state index contributed by atoms with van der Waals surface area (Å²) in [5.41, 5.74) is 1.26. The van der Waals surface area contributed by atoms with Crippen LogP contribution in [-0.2, 0) is 11.3 Å². The van der Waals surface area contributed by atoms with E-state index in [9.17, 15) is 14.0 Å². The van der Waals surface area contributed by atoms with E-state index in [1.807, 2.05) is 0 Å².